The van der Waals surface area contributed by atoms with Crippen LogP contribution in [-0.4, -0.2) is 12.6 Å². The number of carbonyl (C=O) groups is 1. The fourth-order valence-corrected chi connectivity index (χ4v) is 1.95. The van der Waals surface area contributed by atoms with Crippen LogP contribution in [0.4, 0.5) is 5.69 Å². The van der Waals surface area contributed by atoms with Crippen molar-refractivity contribution in [2.24, 2.45) is 0 Å². The Kier molecular flexibility index (Phi) is 4.62. The summed E-state index contributed by atoms with van der Waals surface area (Å²) in [6.45, 7) is 2.12. The van der Waals surface area contributed by atoms with Crippen LogP contribution < -0.4 is 5.73 Å². The number of anilines is 1. The molecule has 1 aromatic rings. The zero-order valence-corrected chi connectivity index (χ0v) is 11.1. The number of rotatable bonds is 3. The van der Waals surface area contributed by atoms with Gasteiger partial charge in [0.25, 0.3) is 0 Å². The second kappa shape index (κ2) is 5.75. The summed E-state index contributed by atoms with van der Waals surface area (Å²) in [4.78, 5) is 11.5. The zero-order chi connectivity index (χ0) is 12.1. The van der Waals surface area contributed by atoms with Gasteiger partial charge in [-0.2, -0.15) is 0 Å². The number of halogens is 1. The van der Waals surface area contributed by atoms with Gasteiger partial charge in [-0.25, -0.2) is 4.79 Å². The maximum absolute atomic E-state index is 11.5. The van der Waals surface area contributed by atoms with Gasteiger partial charge in [0.2, 0.25) is 0 Å². The molecule has 1 aromatic carbocycles. The highest BCUT2D eigenvalue weighted by atomic mass is 127. The van der Waals surface area contributed by atoms with Crippen molar-refractivity contribution in [2.45, 2.75) is 13.3 Å². The molecule has 0 aliphatic heterocycles. The van der Waals surface area contributed by atoms with E-state index in [9.17, 15) is 4.79 Å². The van der Waals surface area contributed by atoms with Crippen LogP contribution >= 0.6 is 22.6 Å². The third-order valence-corrected chi connectivity index (χ3v) is 2.91. The topological polar surface area (TPSA) is 52.3 Å². The van der Waals surface area contributed by atoms with Crippen molar-refractivity contribution in [3.8, 4) is 12.3 Å². The van der Waals surface area contributed by atoms with Crippen molar-refractivity contribution in [3.05, 3.63) is 26.8 Å². The van der Waals surface area contributed by atoms with Crippen molar-refractivity contribution in [2.75, 3.05) is 12.3 Å². The Morgan fingerprint density at radius 1 is 1.62 bits per heavy atom. The highest BCUT2D eigenvalue weighted by Crippen LogP contribution is 2.23. The number of ether oxygens (including phenoxy) is 1. The smallest absolute Gasteiger partial charge is 0.338 e. The summed E-state index contributed by atoms with van der Waals surface area (Å²) in [5.74, 6) is 2.17. The van der Waals surface area contributed by atoms with Gasteiger partial charge in [0.15, 0.2) is 0 Å². The van der Waals surface area contributed by atoms with E-state index in [4.69, 9.17) is 16.9 Å². The zero-order valence-electron chi connectivity index (χ0n) is 8.92. The molecule has 0 amide bonds. The Hall–Kier alpha value is -1.22. The van der Waals surface area contributed by atoms with Crippen molar-refractivity contribution in [1.82, 2.24) is 0 Å². The summed E-state index contributed by atoms with van der Waals surface area (Å²) in [7, 11) is 0. The molecule has 0 heterocycles. The van der Waals surface area contributed by atoms with Gasteiger partial charge in [-0.05, 0) is 47.2 Å². The van der Waals surface area contributed by atoms with Crippen molar-refractivity contribution in [3.63, 3.8) is 0 Å². The molecule has 0 unspecified atom stereocenters. The Bertz CT molecular complexity index is 449. The molecule has 0 atom stereocenters. The first-order chi connectivity index (χ1) is 7.60. The largest absolute Gasteiger partial charge is 0.462 e. The second-order valence-electron chi connectivity index (χ2n) is 3.13. The van der Waals surface area contributed by atoms with Gasteiger partial charge in [-0.15, -0.1) is 12.3 Å². The van der Waals surface area contributed by atoms with Gasteiger partial charge >= 0.3 is 5.97 Å². The lowest BCUT2D eigenvalue weighted by Crippen LogP contribution is -2.07. The lowest BCUT2D eigenvalue weighted by Gasteiger charge is -2.08. The fourth-order valence-electron chi connectivity index (χ4n) is 1.26. The SMILES string of the molecule is C#CCc1cc(C(=O)OCC)cc(I)c1N. The van der Waals surface area contributed by atoms with E-state index in [2.05, 4.69) is 28.5 Å². The molecule has 0 radical (unpaired) electrons. The maximum Gasteiger partial charge on any atom is 0.338 e. The molecular weight excluding hydrogens is 317 g/mol. The highest BCUT2D eigenvalue weighted by Gasteiger charge is 2.11. The molecule has 3 nitrogen and oxygen atoms in total. The maximum atomic E-state index is 11.5. The molecule has 0 spiro atoms. The van der Waals surface area contributed by atoms with E-state index in [1.165, 1.54) is 0 Å². The number of benzene rings is 1. The van der Waals surface area contributed by atoms with Gasteiger partial charge in [-0.3, -0.25) is 0 Å². The summed E-state index contributed by atoms with van der Waals surface area (Å²) in [5.41, 5.74) is 7.77. The molecule has 84 valence electrons. The molecule has 0 bridgehead atoms. The quantitative estimate of drug-likeness (QED) is 0.400. The average molecular weight is 329 g/mol. The number of hydrogen-bond donors (Lipinski definition) is 1. The van der Waals surface area contributed by atoms with Crippen molar-refractivity contribution in [1.29, 1.82) is 0 Å². The van der Waals surface area contributed by atoms with E-state index in [0.717, 1.165) is 9.13 Å². The molecule has 0 saturated carbocycles. The van der Waals surface area contributed by atoms with Crippen LogP contribution in [-0.2, 0) is 11.2 Å². The first-order valence-electron chi connectivity index (χ1n) is 4.78. The molecule has 0 aliphatic rings. The van der Waals surface area contributed by atoms with E-state index in [1.54, 1.807) is 19.1 Å². The minimum Gasteiger partial charge on any atom is -0.462 e. The molecule has 1 rings (SSSR count). The van der Waals surface area contributed by atoms with Crippen LogP contribution in [0.3, 0.4) is 0 Å². The third-order valence-electron chi connectivity index (χ3n) is 2.02. The Labute approximate surface area is 108 Å². The van der Waals surface area contributed by atoms with E-state index >= 15 is 0 Å². The summed E-state index contributed by atoms with van der Waals surface area (Å²) >= 11 is 2.08. The minimum absolute atomic E-state index is 0.348. The first kappa shape index (κ1) is 12.8. The van der Waals surface area contributed by atoms with Crippen LogP contribution in [0.2, 0.25) is 0 Å². The molecule has 0 aliphatic carbocycles. The van der Waals surface area contributed by atoms with E-state index in [1.807, 2.05) is 0 Å². The molecule has 2 N–H and O–H groups in total. The summed E-state index contributed by atoms with van der Waals surface area (Å²) < 4.78 is 5.73. The van der Waals surface area contributed by atoms with Crippen LogP contribution in [0.15, 0.2) is 12.1 Å². The number of nitrogens with two attached hydrogens (primary N) is 1. The molecule has 0 fully saturated rings. The average Bonchev–Trinajstić information content (AvgIpc) is 2.25. The third kappa shape index (κ3) is 2.89. The number of terminal acetylenes is 1. The first-order valence-corrected chi connectivity index (χ1v) is 5.86. The van der Waals surface area contributed by atoms with Gasteiger partial charge in [0.1, 0.15) is 0 Å². The Morgan fingerprint density at radius 3 is 2.88 bits per heavy atom. The number of nitrogen functional groups attached to an aromatic ring is 1. The van der Waals surface area contributed by atoms with Gasteiger partial charge < -0.3 is 10.5 Å². The molecular formula is C12H12INO2. The predicted octanol–water partition coefficient (Wildman–Crippen LogP) is 2.23. The van der Waals surface area contributed by atoms with E-state index in [-0.39, 0.29) is 5.97 Å². The van der Waals surface area contributed by atoms with Crippen LogP contribution in [0.25, 0.3) is 0 Å². The minimum atomic E-state index is -0.348. The Balaban J connectivity index is 3.14. The lowest BCUT2D eigenvalue weighted by molar-refractivity contribution is 0.0526. The van der Waals surface area contributed by atoms with Gasteiger partial charge in [0, 0.05) is 15.7 Å². The Morgan fingerprint density at radius 2 is 2.31 bits per heavy atom. The van der Waals surface area contributed by atoms with Crippen molar-refractivity contribution >= 4 is 34.2 Å². The van der Waals surface area contributed by atoms with E-state index in [0.29, 0.717) is 24.3 Å². The van der Waals surface area contributed by atoms with Gasteiger partial charge in [-0.1, -0.05) is 0 Å². The van der Waals surface area contributed by atoms with E-state index < -0.39 is 0 Å². The second-order valence-corrected chi connectivity index (χ2v) is 4.29. The van der Waals surface area contributed by atoms with Crippen LogP contribution in [0, 0.1) is 15.9 Å². The van der Waals surface area contributed by atoms with Gasteiger partial charge in [0.05, 0.1) is 12.2 Å². The highest BCUT2D eigenvalue weighted by molar-refractivity contribution is 14.1. The summed E-state index contributed by atoms with van der Waals surface area (Å²) in [5, 5.41) is 0. The van der Waals surface area contributed by atoms with Crippen LogP contribution in [0.1, 0.15) is 22.8 Å². The molecule has 16 heavy (non-hydrogen) atoms. The molecule has 4 heteroatoms. The lowest BCUT2D eigenvalue weighted by atomic mass is 10.1. The predicted molar refractivity (Wildman–Crippen MR) is 72.1 cm³/mol. The fraction of sp³-hybridized carbons (Fsp3) is 0.250. The molecule has 0 saturated heterocycles. The standard InChI is InChI=1S/C12H12INO2/c1-3-5-8-6-9(12(15)16-4-2)7-10(13)11(8)14/h1,6-7H,4-5,14H2,2H3. The molecule has 0 aromatic heterocycles. The number of carbonyl (C=O) groups excluding carboxylic acids is 1. The summed E-state index contributed by atoms with van der Waals surface area (Å²) in [6, 6.07) is 3.39. The number of esters is 1. The normalized spacial score (nSPS) is 9.56. The van der Waals surface area contributed by atoms with Crippen molar-refractivity contribution < 1.29 is 9.53 Å². The number of hydrogen-bond acceptors (Lipinski definition) is 3. The monoisotopic (exact) mass is 329 g/mol. The summed E-state index contributed by atoms with van der Waals surface area (Å²) in [6.07, 6.45) is 5.65. The van der Waals surface area contributed by atoms with Crippen LogP contribution in [0.5, 0.6) is 0 Å².